The van der Waals surface area contributed by atoms with Crippen molar-refractivity contribution in [1.82, 2.24) is 0 Å². The molecule has 0 saturated heterocycles. The maximum absolute atomic E-state index is 10.3. The van der Waals surface area contributed by atoms with E-state index in [1.54, 1.807) is 18.2 Å². The molecule has 0 aliphatic carbocycles. The van der Waals surface area contributed by atoms with E-state index in [4.69, 9.17) is 10.7 Å². The summed E-state index contributed by atoms with van der Waals surface area (Å²) in [6.45, 7) is 3.43. The molecule has 0 N–H and O–H groups in total. The van der Waals surface area contributed by atoms with Crippen molar-refractivity contribution in [2.45, 2.75) is 6.42 Å². The van der Waals surface area contributed by atoms with E-state index in [9.17, 15) is 8.42 Å². The highest BCUT2D eigenvalue weighted by Crippen LogP contribution is 1.98. The monoisotopic (exact) mass is 180 g/mol. The van der Waals surface area contributed by atoms with Gasteiger partial charge >= 0.3 is 0 Å². The molecule has 0 atom stereocenters. The smallest absolute Gasteiger partial charge is 0.212 e. The Balaban J connectivity index is 3.57. The minimum absolute atomic E-state index is 0.0150. The Labute approximate surface area is 65.6 Å². The summed E-state index contributed by atoms with van der Waals surface area (Å²) in [4.78, 5) is 0. The third-order valence-electron chi connectivity index (χ3n) is 0.801. The van der Waals surface area contributed by atoms with Crippen LogP contribution in [0, 0.1) is 0 Å². The predicted molar refractivity (Wildman–Crippen MR) is 43.6 cm³/mol. The van der Waals surface area contributed by atoms with Crippen molar-refractivity contribution in [2.75, 3.05) is 5.75 Å². The zero-order valence-corrected chi connectivity index (χ0v) is 7.03. The third kappa shape index (κ3) is 7.72. The molecule has 0 fully saturated rings. The molecule has 0 bridgehead atoms. The molecular formula is C6H9ClO2S. The van der Waals surface area contributed by atoms with Crippen LogP contribution in [0.5, 0.6) is 0 Å². The normalized spacial score (nSPS) is 12.1. The zero-order valence-electron chi connectivity index (χ0n) is 5.46. The first-order chi connectivity index (χ1) is 4.56. The number of halogens is 1. The number of rotatable bonds is 4. The van der Waals surface area contributed by atoms with Crippen molar-refractivity contribution in [2.24, 2.45) is 0 Å². The standard InChI is InChI=1S/C6H9ClO2S/c1-2-3-4-5-6-10(7,8)9/h2-4H,1,5-6H2/b4-3+. The fourth-order valence-electron chi connectivity index (χ4n) is 0.401. The van der Waals surface area contributed by atoms with E-state index in [1.807, 2.05) is 0 Å². The van der Waals surface area contributed by atoms with Crippen LogP contribution in [-0.2, 0) is 9.05 Å². The molecule has 0 aromatic carbocycles. The van der Waals surface area contributed by atoms with Crippen LogP contribution in [-0.4, -0.2) is 14.2 Å². The van der Waals surface area contributed by atoms with Crippen LogP contribution < -0.4 is 0 Å². The Morgan fingerprint density at radius 3 is 2.50 bits per heavy atom. The maximum atomic E-state index is 10.3. The lowest BCUT2D eigenvalue weighted by atomic mass is 10.4. The summed E-state index contributed by atoms with van der Waals surface area (Å²) in [5.41, 5.74) is 0. The Kier molecular flexibility index (Phi) is 4.40. The second-order valence-electron chi connectivity index (χ2n) is 1.70. The summed E-state index contributed by atoms with van der Waals surface area (Å²) >= 11 is 0. The molecule has 0 heterocycles. The van der Waals surface area contributed by atoms with Crippen molar-refractivity contribution in [1.29, 1.82) is 0 Å². The van der Waals surface area contributed by atoms with Crippen molar-refractivity contribution >= 4 is 19.7 Å². The summed E-state index contributed by atoms with van der Waals surface area (Å²) in [6, 6.07) is 0. The van der Waals surface area contributed by atoms with Gasteiger partial charge in [0.2, 0.25) is 9.05 Å². The Morgan fingerprint density at radius 2 is 2.10 bits per heavy atom. The van der Waals surface area contributed by atoms with Crippen molar-refractivity contribution < 1.29 is 8.42 Å². The highest BCUT2D eigenvalue weighted by molar-refractivity contribution is 8.13. The molecule has 10 heavy (non-hydrogen) atoms. The first-order valence-electron chi connectivity index (χ1n) is 2.76. The molecular weight excluding hydrogens is 172 g/mol. The summed E-state index contributed by atoms with van der Waals surface area (Å²) in [6.07, 6.45) is 5.41. The van der Waals surface area contributed by atoms with Crippen LogP contribution >= 0.6 is 10.7 Å². The highest BCUT2D eigenvalue weighted by Gasteiger charge is 2.00. The second-order valence-corrected chi connectivity index (χ2v) is 4.59. The third-order valence-corrected chi connectivity index (χ3v) is 1.99. The molecule has 2 nitrogen and oxygen atoms in total. The average molecular weight is 181 g/mol. The minimum atomic E-state index is -3.32. The first kappa shape index (κ1) is 9.72. The quantitative estimate of drug-likeness (QED) is 0.488. The van der Waals surface area contributed by atoms with E-state index in [0.29, 0.717) is 6.42 Å². The van der Waals surface area contributed by atoms with Gasteiger partial charge in [0.15, 0.2) is 0 Å². The number of hydrogen-bond donors (Lipinski definition) is 0. The fraction of sp³-hybridized carbons (Fsp3) is 0.333. The van der Waals surface area contributed by atoms with Gasteiger partial charge in [-0.25, -0.2) is 8.42 Å². The van der Waals surface area contributed by atoms with Crippen molar-refractivity contribution in [3.63, 3.8) is 0 Å². The van der Waals surface area contributed by atoms with E-state index >= 15 is 0 Å². The van der Waals surface area contributed by atoms with Gasteiger partial charge in [-0.3, -0.25) is 0 Å². The van der Waals surface area contributed by atoms with Crippen LogP contribution in [0.15, 0.2) is 24.8 Å². The molecule has 0 aliphatic heterocycles. The maximum Gasteiger partial charge on any atom is 0.232 e. The van der Waals surface area contributed by atoms with Gasteiger partial charge in [-0.2, -0.15) is 0 Å². The minimum Gasteiger partial charge on any atom is -0.212 e. The second kappa shape index (κ2) is 4.52. The Bertz CT molecular complexity index is 216. The van der Waals surface area contributed by atoms with Crippen LogP contribution in [0.1, 0.15) is 6.42 Å². The van der Waals surface area contributed by atoms with Crippen LogP contribution in [0.2, 0.25) is 0 Å². The molecule has 0 aromatic rings. The van der Waals surface area contributed by atoms with Gasteiger partial charge in [-0.15, -0.1) is 0 Å². The summed E-state index contributed by atoms with van der Waals surface area (Å²) < 4.78 is 20.6. The van der Waals surface area contributed by atoms with E-state index in [2.05, 4.69) is 6.58 Å². The molecule has 0 aliphatic rings. The summed E-state index contributed by atoms with van der Waals surface area (Å²) in [7, 11) is 1.61. The van der Waals surface area contributed by atoms with Gasteiger partial charge in [-0.05, 0) is 6.42 Å². The average Bonchev–Trinajstić information content (AvgIpc) is 1.78. The SMILES string of the molecule is C=C/C=C/CCS(=O)(=O)Cl. The summed E-state index contributed by atoms with van der Waals surface area (Å²) in [5, 5.41) is 0. The van der Waals surface area contributed by atoms with Gasteiger partial charge < -0.3 is 0 Å². The van der Waals surface area contributed by atoms with E-state index in [1.165, 1.54) is 0 Å². The van der Waals surface area contributed by atoms with Gasteiger partial charge in [0.25, 0.3) is 0 Å². The van der Waals surface area contributed by atoms with Gasteiger partial charge in [0.05, 0.1) is 5.75 Å². The van der Waals surface area contributed by atoms with Crippen LogP contribution in [0.3, 0.4) is 0 Å². The van der Waals surface area contributed by atoms with E-state index in [-0.39, 0.29) is 5.75 Å². The molecule has 0 radical (unpaired) electrons. The molecule has 4 heteroatoms. The largest absolute Gasteiger partial charge is 0.232 e. The summed E-state index contributed by atoms with van der Waals surface area (Å²) in [5.74, 6) is -0.0150. The lowest BCUT2D eigenvalue weighted by molar-refractivity contribution is 0.609. The van der Waals surface area contributed by atoms with Gasteiger partial charge in [-0.1, -0.05) is 24.8 Å². The van der Waals surface area contributed by atoms with Crippen LogP contribution in [0.4, 0.5) is 0 Å². The molecule has 0 unspecified atom stereocenters. The highest BCUT2D eigenvalue weighted by atomic mass is 35.7. The molecule has 0 amide bonds. The molecule has 58 valence electrons. The lowest BCUT2D eigenvalue weighted by Gasteiger charge is -1.87. The lowest BCUT2D eigenvalue weighted by Crippen LogP contribution is -1.94. The van der Waals surface area contributed by atoms with Crippen molar-refractivity contribution in [3.05, 3.63) is 24.8 Å². The zero-order chi connectivity index (χ0) is 8.04. The first-order valence-corrected chi connectivity index (χ1v) is 5.24. The van der Waals surface area contributed by atoms with Crippen molar-refractivity contribution in [3.8, 4) is 0 Å². The molecule has 0 aromatic heterocycles. The number of allylic oxidation sites excluding steroid dienone is 3. The molecule has 0 spiro atoms. The Morgan fingerprint density at radius 1 is 1.50 bits per heavy atom. The predicted octanol–water partition coefficient (Wildman–Crippen LogP) is 1.69. The number of hydrogen-bond acceptors (Lipinski definition) is 2. The molecule has 0 saturated carbocycles. The molecule has 0 rings (SSSR count). The Hall–Kier alpha value is -0.280. The van der Waals surface area contributed by atoms with Gasteiger partial charge in [0, 0.05) is 10.7 Å². The van der Waals surface area contributed by atoms with Gasteiger partial charge in [0.1, 0.15) is 0 Å². The van der Waals surface area contributed by atoms with E-state index < -0.39 is 9.05 Å². The topological polar surface area (TPSA) is 34.1 Å². The fourth-order valence-corrected chi connectivity index (χ4v) is 1.09. The van der Waals surface area contributed by atoms with E-state index in [0.717, 1.165) is 0 Å². The van der Waals surface area contributed by atoms with Crippen LogP contribution in [0.25, 0.3) is 0 Å².